The molecule has 2 saturated heterocycles. The topological polar surface area (TPSA) is 32.3 Å². The molecule has 0 aliphatic carbocycles. The molecule has 1 amide bonds. The van der Waals surface area contributed by atoms with Crippen LogP contribution >= 0.6 is 0 Å². The van der Waals surface area contributed by atoms with Crippen molar-refractivity contribution in [2.24, 2.45) is 11.8 Å². The normalized spacial score (nSPS) is 29.4. The molecule has 2 aliphatic rings. The van der Waals surface area contributed by atoms with E-state index in [0.29, 0.717) is 29.8 Å². The van der Waals surface area contributed by atoms with Gasteiger partial charge < -0.3 is 10.2 Å². The Balaban J connectivity index is 1.88. The van der Waals surface area contributed by atoms with E-state index in [0.717, 1.165) is 32.4 Å². The SMILES string of the molecule is CCC(CC(=O)N1CCC2CCC(C1)N2)C(C)C. The third kappa shape index (κ3) is 3.25. The zero-order valence-corrected chi connectivity index (χ0v) is 12.1. The quantitative estimate of drug-likeness (QED) is 0.833. The van der Waals surface area contributed by atoms with Crippen molar-refractivity contribution in [1.82, 2.24) is 10.2 Å². The van der Waals surface area contributed by atoms with Crippen molar-refractivity contribution in [1.29, 1.82) is 0 Å². The monoisotopic (exact) mass is 252 g/mol. The molecule has 3 nitrogen and oxygen atoms in total. The Bertz CT molecular complexity index is 290. The largest absolute Gasteiger partial charge is 0.341 e. The number of nitrogens with one attached hydrogen (secondary N) is 1. The maximum atomic E-state index is 12.4. The Kier molecular flexibility index (Phi) is 4.66. The van der Waals surface area contributed by atoms with Crippen LogP contribution < -0.4 is 5.32 Å². The predicted octanol–water partition coefficient (Wildman–Crippen LogP) is 2.41. The molecule has 0 aromatic heterocycles. The van der Waals surface area contributed by atoms with Crippen molar-refractivity contribution in [2.75, 3.05) is 13.1 Å². The second-order valence-corrected chi connectivity index (χ2v) is 6.38. The van der Waals surface area contributed by atoms with Crippen molar-refractivity contribution in [2.45, 2.75) is 65.0 Å². The van der Waals surface area contributed by atoms with Crippen LogP contribution in [0.3, 0.4) is 0 Å². The molecule has 3 heteroatoms. The third-order valence-electron chi connectivity index (χ3n) is 4.78. The summed E-state index contributed by atoms with van der Waals surface area (Å²) in [5, 5.41) is 3.63. The number of carbonyl (C=O) groups is 1. The van der Waals surface area contributed by atoms with E-state index in [2.05, 4.69) is 31.0 Å². The molecule has 0 radical (unpaired) electrons. The van der Waals surface area contributed by atoms with Gasteiger partial charge in [0.2, 0.25) is 5.91 Å². The van der Waals surface area contributed by atoms with Crippen LogP contribution in [0.1, 0.15) is 52.9 Å². The minimum atomic E-state index is 0.380. The molecular formula is C15H28N2O. The summed E-state index contributed by atoms with van der Waals surface area (Å²) in [7, 11) is 0. The number of hydrogen-bond donors (Lipinski definition) is 1. The smallest absolute Gasteiger partial charge is 0.222 e. The van der Waals surface area contributed by atoms with Gasteiger partial charge in [0.15, 0.2) is 0 Å². The van der Waals surface area contributed by atoms with Crippen LogP contribution in [0, 0.1) is 11.8 Å². The summed E-state index contributed by atoms with van der Waals surface area (Å²) < 4.78 is 0. The molecule has 2 heterocycles. The van der Waals surface area contributed by atoms with Crippen molar-refractivity contribution in [3.05, 3.63) is 0 Å². The van der Waals surface area contributed by atoms with E-state index in [-0.39, 0.29) is 0 Å². The van der Waals surface area contributed by atoms with Crippen LogP contribution in [0.25, 0.3) is 0 Å². The van der Waals surface area contributed by atoms with Gasteiger partial charge in [0.05, 0.1) is 0 Å². The molecule has 0 spiro atoms. The fraction of sp³-hybridized carbons (Fsp3) is 0.933. The highest BCUT2D eigenvalue weighted by molar-refractivity contribution is 5.76. The first-order valence-corrected chi connectivity index (χ1v) is 7.64. The van der Waals surface area contributed by atoms with Gasteiger partial charge in [0, 0.05) is 31.6 Å². The fourth-order valence-corrected chi connectivity index (χ4v) is 3.37. The van der Waals surface area contributed by atoms with Crippen LogP contribution in [-0.2, 0) is 4.79 Å². The summed E-state index contributed by atoms with van der Waals surface area (Å²) in [6.07, 6.45) is 5.54. The molecule has 3 unspecified atom stereocenters. The van der Waals surface area contributed by atoms with E-state index in [1.54, 1.807) is 0 Å². The van der Waals surface area contributed by atoms with Crippen molar-refractivity contribution in [3.63, 3.8) is 0 Å². The van der Waals surface area contributed by atoms with Gasteiger partial charge >= 0.3 is 0 Å². The molecule has 1 N–H and O–H groups in total. The maximum Gasteiger partial charge on any atom is 0.222 e. The molecule has 2 aliphatic heterocycles. The van der Waals surface area contributed by atoms with Gasteiger partial charge in [-0.2, -0.15) is 0 Å². The zero-order valence-electron chi connectivity index (χ0n) is 12.1. The van der Waals surface area contributed by atoms with Gasteiger partial charge in [-0.05, 0) is 31.1 Å². The average molecular weight is 252 g/mol. The van der Waals surface area contributed by atoms with E-state index in [4.69, 9.17) is 0 Å². The number of amides is 1. The van der Waals surface area contributed by atoms with Crippen molar-refractivity contribution < 1.29 is 4.79 Å². The lowest BCUT2D eigenvalue weighted by Crippen LogP contribution is -2.40. The molecule has 0 aromatic rings. The Labute approximate surface area is 111 Å². The van der Waals surface area contributed by atoms with E-state index >= 15 is 0 Å². The van der Waals surface area contributed by atoms with E-state index < -0.39 is 0 Å². The number of carbonyl (C=O) groups excluding carboxylic acids is 1. The van der Waals surface area contributed by atoms with Crippen LogP contribution in [0.5, 0.6) is 0 Å². The summed E-state index contributed by atoms with van der Waals surface area (Å²) >= 11 is 0. The van der Waals surface area contributed by atoms with Gasteiger partial charge in [-0.25, -0.2) is 0 Å². The molecule has 0 saturated carbocycles. The highest BCUT2D eigenvalue weighted by Gasteiger charge is 2.31. The highest BCUT2D eigenvalue weighted by Crippen LogP contribution is 2.24. The van der Waals surface area contributed by atoms with Gasteiger partial charge in [-0.3, -0.25) is 4.79 Å². The first-order chi connectivity index (χ1) is 8.60. The fourth-order valence-electron chi connectivity index (χ4n) is 3.37. The van der Waals surface area contributed by atoms with E-state index in [1.165, 1.54) is 12.8 Å². The molecule has 2 bridgehead atoms. The lowest BCUT2D eigenvalue weighted by atomic mass is 9.89. The molecule has 0 aromatic carbocycles. The van der Waals surface area contributed by atoms with Crippen LogP contribution in [0.15, 0.2) is 0 Å². The van der Waals surface area contributed by atoms with Crippen LogP contribution in [0.4, 0.5) is 0 Å². The van der Waals surface area contributed by atoms with Crippen molar-refractivity contribution in [3.8, 4) is 0 Å². The third-order valence-corrected chi connectivity index (χ3v) is 4.78. The summed E-state index contributed by atoms with van der Waals surface area (Å²) in [4.78, 5) is 14.5. The minimum Gasteiger partial charge on any atom is -0.341 e. The molecule has 2 rings (SSSR count). The van der Waals surface area contributed by atoms with Gasteiger partial charge in [0.1, 0.15) is 0 Å². The number of rotatable bonds is 4. The van der Waals surface area contributed by atoms with Gasteiger partial charge in [-0.1, -0.05) is 27.2 Å². The van der Waals surface area contributed by atoms with Crippen LogP contribution in [0.2, 0.25) is 0 Å². The average Bonchev–Trinajstić information content (AvgIpc) is 2.65. The number of nitrogens with zero attached hydrogens (tertiary/aromatic N) is 1. The highest BCUT2D eigenvalue weighted by atomic mass is 16.2. The Morgan fingerprint density at radius 1 is 1.28 bits per heavy atom. The number of fused-ring (bicyclic) bond motifs is 2. The summed E-state index contributed by atoms with van der Waals surface area (Å²) in [5.41, 5.74) is 0. The Morgan fingerprint density at radius 3 is 2.67 bits per heavy atom. The second kappa shape index (κ2) is 6.05. The predicted molar refractivity (Wildman–Crippen MR) is 74.4 cm³/mol. The first kappa shape index (κ1) is 13.9. The molecule has 3 atom stereocenters. The lowest BCUT2D eigenvalue weighted by molar-refractivity contribution is -0.132. The van der Waals surface area contributed by atoms with Crippen molar-refractivity contribution >= 4 is 5.91 Å². The lowest BCUT2D eigenvalue weighted by Gasteiger charge is -2.27. The van der Waals surface area contributed by atoms with Crippen LogP contribution in [-0.4, -0.2) is 36.0 Å². The second-order valence-electron chi connectivity index (χ2n) is 6.38. The molecule has 104 valence electrons. The summed E-state index contributed by atoms with van der Waals surface area (Å²) in [6, 6.07) is 1.22. The number of likely N-dealkylation sites (tertiary alicyclic amines) is 1. The minimum absolute atomic E-state index is 0.380. The summed E-state index contributed by atoms with van der Waals surface area (Å²) in [6.45, 7) is 8.55. The molecule has 2 fully saturated rings. The zero-order chi connectivity index (χ0) is 13.1. The Morgan fingerprint density at radius 2 is 2.00 bits per heavy atom. The first-order valence-electron chi connectivity index (χ1n) is 7.64. The standard InChI is InChI=1S/C15H28N2O/c1-4-12(11(2)3)9-15(18)17-8-7-13-5-6-14(10-17)16-13/h11-14,16H,4-10H2,1-3H3. The Hall–Kier alpha value is -0.570. The molecular weight excluding hydrogens is 224 g/mol. The van der Waals surface area contributed by atoms with E-state index in [9.17, 15) is 4.79 Å². The maximum absolute atomic E-state index is 12.4. The van der Waals surface area contributed by atoms with E-state index in [1.807, 2.05) is 0 Å². The molecule has 18 heavy (non-hydrogen) atoms. The summed E-state index contributed by atoms with van der Waals surface area (Å²) in [5.74, 6) is 1.54. The van der Waals surface area contributed by atoms with Gasteiger partial charge in [0.25, 0.3) is 0 Å². The number of hydrogen-bond acceptors (Lipinski definition) is 2. The van der Waals surface area contributed by atoms with Gasteiger partial charge in [-0.15, -0.1) is 0 Å².